The van der Waals surface area contributed by atoms with Gasteiger partial charge in [-0.15, -0.1) is 0 Å². The van der Waals surface area contributed by atoms with Gasteiger partial charge in [0.25, 0.3) is 0 Å². The predicted molar refractivity (Wildman–Crippen MR) is 72.2 cm³/mol. The summed E-state index contributed by atoms with van der Waals surface area (Å²) in [5.74, 6) is 2.06. The maximum absolute atomic E-state index is 12.1. The molecule has 0 aromatic carbocycles. The molecule has 1 fully saturated rings. The molecule has 1 aromatic rings. The maximum atomic E-state index is 12.1. The molecule has 3 rings (SSSR count). The summed E-state index contributed by atoms with van der Waals surface area (Å²) in [7, 11) is 0. The maximum Gasteiger partial charge on any atom is 0.171 e. The summed E-state index contributed by atoms with van der Waals surface area (Å²) >= 11 is 0. The lowest BCUT2D eigenvalue weighted by atomic mass is 9.74. The van der Waals surface area contributed by atoms with E-state index in [1.165, 1.54) is 0 Å². The van der Waals surface area contributed by atoms with Crippen molar-refractivity contribution in [3.63, 3.8) is 0 Å². The van der Waals surface area contributed by atoms with Gasteiger partial charge in [-0.05, 0) is 51.0 Å². The molecule has 3 nitrogen and oxygen atoms in total. The molecule has 0 radical (unpaired) electrons. The number of Topliss-reactive ketones (excluding diaryl/α,β-unsaturated/α-hetero) is 1. The fraction of sp³-hybridized carbons (Fsp3) is 0.562. The van der Waals surface area contributed by atoms with Crippen molar-refractivity contribution in [2.45, 2.75) is 58.2 Å². The SMILES string of the molecule is CC1=C[C@@]2(C)O[C@]1([C@@H](C)c1oc(C)cc1C)CC2=O. The lowest BCUT2D eigenvalue weighted by molar-refractivity contribution is -0.127. The lowest BCUT2D eigenvalue weighted by Gasteiger charge is -2.32. The number of aryl methyl sites for hydroxylation is 2. The Balaban J connectivity index is 2.06. The molecule has 1 aromatic heterocycles. The van der Waals surface area contributed by atoms with E-state index in [-0.39, 0.29) is 11.7 Å². The van der Waals surface area contributed by atoms with Gasteiger partial charge >= 0.3 is 0 Å². The van der Waals surface area contributed by atoms with E-state index in [0.717, 1.165) is 22.7 Å². The minimum absolute atomic E-state index is 0.0470. The van der Waals surface area contributed by atoms with Gasteiger partial charge in [-0.3, -0.25) is 4.79 Å². The second kappa shape index (κ2) is 3.60. The topological polar surface area (TPSA) is 39.4 Å². The molecule has 2 aliphatic heterocycles. The fourth-order valence-electron chi connectivity index (χ4n) is 3.63. The quantitative estimate of drug-likeness (QED) is 0.765. The van der Waals surface area contributed by atoms with Crippen LogP contribution >= 0.6 is 0 Å². The highest BCUT2D eigenvalue weighted by Gasteiger charge is 2.61. The molecule has 2 bridgehead atoms. The van der Waals surface area contributed by atoms with Gasteiger partial charge in [0.05, 0.1) is 0 Å². The van der Waals surface area contributed by atoms with Gasteiger partial charge in [-0.2, -0.15) is 0 Å². The number of hydrogen-bond acceptors (Lipinski definition) is 3. The monoisotopic (exact) mass is 260 g/mol. The highest BCUT2D eigenvalue weighted by atomic mass is 16.5. The number of rotatable bonds is 2. The van der Waals surface area contributed by atoms with Crippen LogP contribution in [-0.4, -0.2) is 17.0 Å². The molecule has 0 aliphatic carbocycles. The number of fused-ring (bicyclic) bond motifs is 2. The number of ether oxygens (including phenoxy) is 1. The third-order valence-electron chi connectivity index (χ3n) is 4.70. The Kier molecular flexibility index (Phi) is 2.40. The first-order chi connectivity index (χ1) is 8.78. The first-order valence-electron chi connectivity index (χ1n) is 6.79. The van der Waals surface area contributed by atoms with Crippen molar-refractivity contribution in [3.05, 3.63) is 34.8 Å². The highest BCUT2D eigenvalue weighted by molar-refractivity contribution is 5.94. The summed E-state index contributed by atoms with van der Waals surface area (Å²) in [5, 5.41) is 0. The van der Waals surface area contributed by atoms with Crippen molar-refractivity contribution >= 4 is 5.78 Å². The van der Waals surface area contributed by atoms with E-state index in [0.29, 0.717) is 6.42 Å². The van der Waals surface area contributed by atoms with E-state index in [1.54, 1.807) is 0 Å². The van der Waals surface area contributed by atoms with Crippen molar-refractivity contribution in [2.24, 2.45) is 0 Å². The van der Waals surface area contributed by atoms with Crippen LogP contribution in [0.2, 0.25) is 0 Å². The lowest BCUT2D eigenvalue weighted by Crippen LogP contribution is -2.34. The van der Waals surface area contributed by atoms with Gasteiger partial charge in [-0.25, -0.2) is 0 Å². The van der Waals surface area contributed by atoms with Crippen LogP contribution in [0.15, 0.2) is 22.1 Å². The van der Waals surface area contributed by atoms with Crippen LogP contribution in [0.5, 0.6) is 0 Å². The second-order valence-corrected chi connectivity index (χ2v) is 6.15. The predicted octanol–water partition coefficient (Wildman–Crippen LogP) is 3.45. The molecule has 3 atom stereocenters. The summed E-state index contributed by atoms with van der Waals surface area (Å²) in [6.45, 7) is 10.00. The zero-order valence-corrected chi connectivity index (χ0v) is 12.2. The number of ketones is 1. The van der Waals surface area contributed by atoms with Gasteiger partial charge in [-0.1, -0.05) is 6.92 Å². The van der Waals surface area contributed by atoms with Crippen molar-refractivity contribution in [2.75, 3.05) is 0 Å². The molecular weight excluding hydrogens is 240 g/mol. The van der Waals surface area contributed by atoms with Crippen LogP contribution in [0.4, 0.5) is 0 Å². The van der Waals surface area contributed by atoms with Crippen LogP contribution in [0.25, 0.3) is 0 Å². The van der Waals surface area contributed by atoms with Crippen molar-refractivity contribution in [3.8, 4) is 0 Å². The zero-order valence-electron chi connectivity index (χ0n) is 12.2. The molecule has 0 N–H and O–H groups in total. The third kappa shape index (κ3) is 1.51. The molecular formula is C16H20O3. The summed E-state index contributed by atoms with van der Waals surface area (Å²) in [6, 6.07) is 2.03. The van der Waals surface area contributed by atoms with Crippen LogP contribution < -0.4 is 0 Å². The van der Waals surface area contributed by atoms with Gasteiger partial charge in [0, 0.05) is 12.3 Å². The molecule has 19 heavy (non-hydrogen) atoms. The van der Waals surface area contributed by atoms with E-state index >= 15 is 0 Å². The zero-order chi connectivity index (χ0) is 14.0. The number of furan rings is 1. The first-order valence-corrected chi connectivity index (χ1v) is 6.79. The van der Waals surface area contributed by atoms with Crippen LogP contribution in [0.3, 0.4) is 0 Å². The van der Waals surface area contributed by atoms with E-state index in [4.69, 9.17) is 9.15 Å². The number of hydrogen-bond donors (Lipinski definition) is 0. The Hall–Kier alpha value is -1.35. The Morgan fingerprint density at radius 3 is 2.47 bits per heavy atom. The molecule has 102 valence electrons. The molecule has 3 heteroatoms. The molecule has 3 heterocycles. The van der Waals surface area contributed by atoms with Crippen LogP contribution in [-0.2, 0) is 9.53 Å². The first kappa shape index (κ1) is 12.7. The van der Waals surface area contributed by atoms with E-state index in [2.05, 4.69) is 13.8 Å². The highest BCUT2D eigenvalue weighted by Crippen LogP contribution is 2.54. The Labute approximate surface area is 113 Å². The van der Waals surface area contributed by atoms with E-state index < -0.39 is 11.2 Å². The molecule has 0 spiro atoms. The smallest absolute Gasteiger partial charge is 0.171 e. The minimum atomic E-state index is -0.728. The van der Waals surface area contributed by atoms with Crippen molar-refractivity contribution < 1.29 is 13.9 Å². The van der Waals surface area contributed by atoms with Crippen molar-refractivity contribution in [1.82, 2.24) is 0 Å². The molecule has 2 aliphatic rings. The van der Waals surface area contributed by atoms with Gasteiger partial charge in [0.15, 0.2) is 5.78 Å². The average molecular weight is 260 g/mol. The second-order valence-electron chi connectivity index (χ2n) is 6.15. The fourth-order valence-corrected chi connectivity index (χ4v) is 3.63. The van der Waals surface area contributed by atoms with E-state index in [9.17, 15) is 4.79 Å². The van der Waals surface area contributed by atoms with E-state index in [1.807, 2.05) is 32.9 Å². The minimum Gasteiger partial charge on any atom is -0.466 e. The third-order valence-corrected chi connectivity index (χ3v) is 4.70. The molecule has 0 amide bonds. The molecule has 0 saturated carbocycles. The Morgan fingerprint density at radius 2 is 2.00 bits per heavy atom. The normalized spacial score (nSPS) is 34.8. The Morgan fingerprint density at radius 1 is 1.32 bits per heavy atom. The summed E-state index contributed by atoms with van der Waals surface area (Å²) in [5.41, 5.74) is 1.04. The largest absolute Gasteiger partial charge is 0.466 e. The molecule has 0 unspecified atom stereocenters. The molecule has 1 saturated heterocycles. The van der Waals surface area contributed by atoms with Crippen LogP contribution in [0, 0.1) is 13.8 Å². The van der Waals surface area contributed by atoms with Crippen molar-refractivity contribution in [1.29, 1.82) is 0 Å². The Bertz CT molecular complexity index is 595. The summed E-state index contributed by atoms with van der Waals surface area (Å²) in [6.07, 6.45) is 2.42. The average Bonchev–Trinajstić information content (AvgIpc) is 2.86. The van der Waals surface area contributed by atoms with Gasteiger partial charge < -0.3 is 9.15 Å². The van der Waals surface area contributed by atoms with Gasteiger partial charge in [0.1, 0.15) is 22.7 Å². The standard InChI is InChI=1S/C16H20O3/c1-9-6-11(3)18-14(9)12(4)16-8-13(17)15(5,19-16)7-10(16)2/h6-7,12H,8H2,1-5H3/t12-,15+,16+/m0/s1. The van der Waals surface area contributed by atoms with Gasteiger partial charge in [0.2, 0.25) is 0 Å². The summed E-state index contributed by atoms with van der Waals surface area (Å²) < 4.78 is 12.0. The number of carbonyl (C=O) groups is 1. The number of carbonyl (C=O) groups excluding carboxylic acids is 1. The van der Waals surface area contributed by atoms with Crippen LogP contribution in [0.1, 0.15) is 50.2 Å². The summed E-state index contributed by atoms with van der Waals surface area (Å²) in [4.78, 5) is 12.1.